The number of carbonyl (C=O) groups is 1. The van der Waals surface area contributed by atoms with Crippen LogP contribution in [0.4, 0.5) is 13.2 Å². The van der Waals surface area contributed by atoms with Gasteiger partial charge in [-0.1, -0.05) is 20.8 Å². The van der Waals surface area contributed by atoms with Crippen molar-refractivity contribution in [1.29, 1.82) is 0 Å². The summed E-state index contributed by atoms with van der Waals surface area (Å²) in [5, 5.41) is 8.26. The molecule has 0 aliphatic carbocycles. The molecule has 0 spiro atoms. The van der Waals surface area contributed by atoms with Crippen molar-refractivity contribution in [3.05, 3.63) is 46.2 Å². The normalized spacial score (nSPS) is 12.6. The molecule has 1 amide bonds. The zero-order valence-corrected chi connectivity index (χ0v) is 18.1. The van der Waals surface area contributed by atoms with Crippen LogP contribution >= 0.6 is 0 Å². The maximum atomic E-state index is 13.6. The predicted octanol–water partition coefficient (Wildman–Crippen LogP) is 3.67. The number of amides is 1. The van der Waals surface area contributed by atoms with E-state index < -0.39 is 23.2 Å². The molecule has 0 unspecified atom stereocenters. The average molecular weight is 422 g/mol. The van der Waals surface area contributed by atoms with Crippen LogP contribution < -0.4 is 0 Å². The van der Waals surface area contributed by atoms with E-state index in [4.69, 9.17) is 0 Å². The number of rotatable bonds is 3. The van der Waals surface area contributed by atoms with Gasteiger partial charge in [0, 0.05) is 43.4 Å². The van der Waals surface area contributed by atoms with Crippen LogP contribution in [0.5, 0.6) is 0 Å². The highest BCUT2D eigenvalue weighted by atomic mass is 19.4. The lowest BCUT2D eigenvalue weighted by Gasteiger charge is -2.19. The molecule has 0 N–H and O–H groups in total. The van der Waals surface area contributed by atoms with E-state index in [0.717, 1.165) is 23.0 Å². The summed E-state index contributed by atoms with van der Waals surface area (Å²) in [6.07, 6.45) is -4.64. The molecule has 30 heavy (non-hydrogen) atoms. The van der Waals surface area contributed by atoms with E-state index in [9.17, 15) is 18.0 Å². The predicted molar refractivity (Wildman–Crippen MR) is 105 cm³/mol. The summed E-state index contributed by atoms with van der Waals surface area (Å²) in [5.74, 6) is -0.492. The first-order valence-corrected chi connectivity index (χ1v) is 9.43. The first-order valence-electron chi connectivity index (χ1n) is 9.43. The van der Waals surface area contributed by atoms with Gasteiger partial charge in [0.2, 0.25) is 0 Å². The van der Waals surface area contributed by atoms with E-state index in [2.05, 4.69) is 15.2 Å². The minimum atomic E-state index is -4.64. The summed E-state index contributed by atoms with van der Waals surface area (Å²) in [5.41, 5.74) is 1.21. The van der Waals surface area contributed by atoms with Crippen LogP contribution in [0.2, 0.25) is 0 Å². The molecule has 0 radical (unpaired) electrons. The van der Waals surface area contributed by atoms with Gasteiger partial charge in [0.1, 0.15) is 5.69 Å². The molecule has 0 atom stereocenters. The Bertz CT molecular complexity index is 1120. The molecule has 0 bridgehead atoms. The molecule has 0 aliphatic heterocycles. The molecule has 7 nitrogen and oxygen atoms in total. The van der Waals surface area contributed by atoms with Crippen molar-refractivity contribution in [2.75, 3.05) is 7.05 Å². The Hall–Kier alpha value is -2.91. The van der Waals surface area contributed by atoms with Crippen LogP contribution in [-0.4, -0.2) is 42.2 Å². The summed E-state index contributed by atoms with van der Waals surface area (Å²) >= 11 is 0. The van der Waals surface area contributed by atoms with E-state index in [1.54, 1.807) is 32.5 Å². The zero-order chi connectivity index (χ0) is 22.6. The van der Waals surface area contributed by atoms with E-state index in [1.165, 1.54) is 11.0 Å². The van der Waals surface area contributed by atoms with E-state index >= 15 is 0 Å². The fraction of sp³-hybridized carbons (Fsp3) is 0.500. The van der Waals surface area contributed by atoms with Gasteiger partial charge in [-0.05, 0) is 19.9 Å². The molecule has 0 saturated heterocycles. The second kappa shape index (κ2) is 7.10. The molecular weight excluding hydrogens is 397 g/mol. The van der Waals surface area contributed by atoms with Gasteiger partial charge in [-0.15, -0.1) is 0 Å². The maximum absolute atomic E-state index is 13.6. The summed E-state index contributed by atoms with van der Waals surface area (Å²) in [6, 6.07) is 2.28. The van der Waals surface area contributed by atoms with Crippen molar-refractivity contribution in [3.63, 3.8) is 0 Å². The maximum Gasteiger partial charge on any atom is 0.433 e. The number of alkyl halides is 3. The van der Waals surface area contributed by atoms with Crippen molar-refractivity contribution in [3.8, 4) is 0 Å². The van der Waals surface area contributed by atoms with Gasteiger partial charge in [0.05, 0.1) is 11.4 Å². The second-order valence-corrected chi connectivity index (χ2v) is 8.51. The lowest BCUT2D eigenvalue weighted by molar-refractivity contribution is -0.142. The number of hydrogen-bond acceptors (Lipinski definition) is 4. The van der Waals surface area contributed by atoms with E-state index in [1.807, 2.05) is 20.9 Å². The van der Waals surface area contributed by atoms with Crippen LogP contribution in [0.25, 0.3) is 5.65 Å². The second-order valence-electron chi connectivity index (χ2n) is 8.51. The molecular formula is C20H25F3N6O. The standard InChI is InChI=1S/C20H25F3N6O/c1-11-13(12(2)28(7)25-11)10-27(6)18(30)14-8-17-24-15(19(3,4)5)9-16(20(21,22)23)29(17)26-14/h8-9H,10H2,1-7H3. The molecule has 0 fully saturated rings. The lowest BCUT2D eigenvalue weighted by Crippen LogP contribution is -2.27. The average Bonchev–Trinajstić information content (AvgIpc) is 3.14. The van der Waals surface area contributed by atoms with Gasteiger partial charge in [0.25, 0.3) is 5.91 Å². The summed E-state index contributed by atoms with van der Waals surface area (Å²) in [4.78, 5) is 18.6. The van der Waals surface area contributed by atoms with Crippen LogP contribution in [0.3, 0.4) is 0 Å². The molecule has 3 aromatic rings. The zero-order valence-electron chi connectivity index (χ0n) is 18.1. The first kappa shape index (κ1) is 21.8. The number of nitrogens with zero attached hydrogens (tertiary/aromatic N) is 6. The van der Waals surface area contributed by atoms with Crippen molar-refractivity contribution in [1.82, 2.24) is 29.3 Å². The van der Waals surface area contributed by atoms with Gasteiger partial charge in [-0.3, -0.25) is 9.48 Å². The molecule has 0 saturated carbocycles. The summed E-state index contributed by atoms with van der Waals surface area (Å²) < 4.78 is 43.3. The third kappa shape index (κ3) is 3.90. The molecule has 10 heteroatoms. The van der Waals surface area contributed by atoms with Gasteiger partial charge in [0.15, 0.2) is 11.3 Å². The van der Waals surface area contributed by atoms with Crippen LogP contribution in [-0.2, 0) is 25.2 Å². The Balaban J connectivity index is 2.02. The van der Waals surface area contributed by atoms with Gasteiger partial charge in [-0.25, -0.2) is 9.50 Å². The van der Waals surface area contributed by atoms with Crippen LogP contribution in [0.1, 0.15) is 59.6 Å². The van der Waals surface area contributed by atoms with E-state index in [-0.39, 0.29) is 23.6 Å². The number of carbonyl (C=O) groups excluding carboxylic acids is 1. The van der Waals surface area contributed by atoms with Gasteiger partial charge >= 0.3 is 6.18 Å². The molecule has 162 valence electrons. The fourth-order valence-corrected chi connectivity index (χ4v) is 3.22. The summed E-state index contributed by atoms with van der Waals surface area (Å²) in [6.45, 7) is 9.35. The molecule has 0 aliphatic rings. The van der Waals surface area contributed by atoms with Crippen LogP contribution in [0, 0.1) is 13.8 Å². The van der Waals surface area contributed by atoms with Gasteiger partial charge < -0.3 is 4.90 Å². The van der Waals surface area contributed by atoms with Crippen molar-refractivity contribution in [2.45, 2.75) is 52.8 Å². The Kier molecular flexibility index (Phi) is 5.16. The Morgan fingerprint density at radius 1 is 1.13 bits per heavy atom. The highest BCUT2D eigenvalue weighted by molar-refractivity contribution is 5.93. The SMILES string of the molecule is Cc1nn(C)c(C)c1CN(C)C(=O)c1cc2nc(C(C)(C)C)cc(C(F)(F)F)n2n1. The largest absolute Gasteiger partial charge is 0.433 e. The van der Waals surface area contributed by atoms with Crippen molar-refractivity contribution >= 4 is 11.6 Å². The highest BCUT2D eigenvalue weighted by Crippen LogP contribution is 2.32. The molecule has 3 heterocycles. The molecule has 3 rings (SSSR count). The Morgan fingerprint density at radius 3 is 2.27 bits per heavy atom. The molecule has 0 aromatic carbocycles. The van der Waals surface area contributed by atoms with Crippen molar-refractivity contribution in [2.24, 2.45) is 7.05 Å². The topological polar surface area (TPSA) is 68.3 Å². The smallest absolute Gasteiger partial charge is 0.336 e. The minimum absolute atomic E-state index is 0.0137. The Labute approximate surface area is 172 Å². The number of aromatic nitrogens is 5. The van der Waals surface area contributed by atoms with Crippen molar-refractivity contribution < 1.29 is 18.0 Å². The Morgan fingerprint density at radius 2 is 1.77 bits per heavy atom. The fourth-order valence-electron chi connectivity index (χ4n) is 3.22. The minimum Gasteiger partial charge on any atom is -0.336 e. The third-order valence-corrected chi connectivity index (χ3v) is 5.11. The number of fused-ring (bicyclic) bond motifs is 1. The molecule has 3 aromatic heterocycles. The number of hydrogen-bond donors (Lipinski definition) is 0. The van der Waals surface area contributed by atoms with Gasteiger partial charge in [-0.2, -0.15) is 23.4 Å². The lowest BCUT2D eigenvalue weighted by atomic mass is 9.91. The number of aryl methyl sites for hydroxylation is 2. The number of halogens is 3. The first-order chi connectivity index (χ1) is 13.7. The quantitative estimate of drug-likeness (QED) is 0.646. The monoisotopic (exact) mass is 422 g/mol. The van der Waals surface area contributed by atoms with E-state index in [0.29, 0.717) is 4.52 Å². The van der Waals surface area contributed by atoms with Crippen LogP contribution in [0.15, 0.2) is 12.1 Å². The summed E-state index contributed by atoms with van der Waals surface area (Å²) in [7, 11) is 3.39. The third-order valence-electron chi connectivity index (χ3n) is 5.11. The highest BCUT2D eigenvalue weighted by Gasteiger charge is 2.36.